The van der Waals surface area contributed by atoms with Crippen LogP contribution in [0.1, 0.15) is 24.5 Å². The summed E-state index contributed by atoms with van der Waals surface area (Å²) < 4.78 is 6.79. The van der Waals surface area contributed by atoms with E-state index >= 15 is 0 Å². The van der Waals surface area contributed by atoms with Crippen molar-refractivity contribution in [3.63, 3.8) is 0 Å². The molecule has 3 rings (SSSR count). The molecule has 1 N–H and O–H groups in total. The van der Waals surface area contributed by atoms with Crippen molar-refractivity contribution in [1.29, 1.82) is 0 Å². The molecule has 0 aliphatic carbocycles. The predicted octanol–water partition coefficient (Wildman–Crippen LogP) is 5.68. The molecule has 0 saturated heterocycles. The van der Waals surface area contributed by atoms with Gasteiger partial charge in [-0.25, -0.2) is 0 Å². The van der Waals surface area contributed by atoms with E-state index in [0.29, 0.717) is 0 Å². The summed E-state index contributed by atoms with van der Waals surface area (Å²) >= 11 is 3.60. The zero-order valence-electron chi connectivity index (χ0n) is 11.5. The maximum atomic E-state index is 5.68. The smallest absolute Gasteiger partial charge is 0.126 e. The van der Waals surface area contributed by atoms with Crippen LogP contribution >= 0.6 is 15.9 Å². The zero-order valence-corrected chi connectivity index (χ0v) is 13.1. The molecule has 1 unspecified atom stereocenters. The van der Waals surface area contributed by atoms with E-state index in [4.69, 9.17) is 4.42 Å². The molecule has 0 aliphatic heterocycles. The Bertz CT molecular complexity index is 748. The molecule has 2 nitrogen and oxygen atoms in total. The van der Waals surface area contributed by atoms with Crippen molar-refractivity contribution in [3.05, 3.63) is 64.5 Å². The fourth-order valence-corrected chi connectivity index (χ4v) is 2.86. The number of aryl methyl sites for hydroxylation is 1. The van der Waals surface area contributed by atoms with Crippen LogP contribution in [0.4, 0.5) is 5.69 Å². The Labute approximate surface area is 126 Å². The normalized spacial score (nSPS) is 12.6. The second-order valence-corrected chi connectivity index (χ2v) is 5.81. The van der Waals surface area contributed by atoms with E-state index in [1.54, 1.807) is 0 Å². The first-order valence-electron chi connectivity index (χ1n) is 6.65. The molecule has 3 aromatic rings. The Morgan fingerprint density at radius 2 is 1.75 bits per heavy atom. The van der Waals surface area contributed by atoms with Crippen molar-refractivity contribution < 1.29 is 4.42 Å². The van der Waals surface area contributed by atoms with Crippen LogP contribution in [-0.2, 0) is 0 Å². The molecule has 0 amide bonds. The van der Waals surface area contributed by atoms with Crippen LogP contribution < -0.4 is 5.32 Å². The second-order valence-electron chi connectivity index (χ2n) is 4.95. The van der Waals surface area contributed by atoms with E-state index in [9.17, 15) is 0 Å². The maximum Gasteiger partial charge on any atom is 0.126 e. The van der Waals surface area contributed by atoms with Gasteiger partial charge < -0.3 is 9.73 Å². The van der Waals surface area contributed by atoms with Gasteiger partial charge in [-0.05, 0) is 43.5 Å². The van der Waals surface area contributed by atoms with Gasteiger partial charge in [-0.3, -0.25) is 0 Å². The third-order valence-corrected chi connectivity index (χ3v) is 4.12. The number of furan rings is 1. The van der Waals surface area contributed by atoms with Crippen LogP contribution in [0.2, 0.25) is 0 Å². The first-order valence-corrected chi connectivity index (χ1v) is 7.44. The highest BCUT2D eigenvalue weighted by molar-refractivity contribution is 9.10. The minimum atomic E-state index is 0.133. The number of hydrogen-bond donors (Lipinski definition) is 1. The standard InChI is InChI=1S/C17H16BrNO/c1-11-7-10-17(20-11)12(2)19-16-9-8-15(18)13-5-3-4-6-14(13)16/h3-10,12,19H,1-2H3. The number of halogens is 1. The predicted molar refractivity (Wildman–Crippen MR) is 87.1 cm³/mol. The number of hydrogen-bond acceptors (Lipinski definition) is 2. The van der Waals surface area contributed by atoms with Crippen molar-refractivity contribution in [2.75, 3.05) is 5.32 Å². The lowest BCUT2D eigenvalue weighted by Crippen LogP contribution is -2.05. The molecule has 2 aromatic carbocycles. The molecule has 1 heterocycles. The zero-order chi connectivity index (χ0) is 14.1. The van der Waals surface area contributed by atoms with Gasteiger partial charge in [-0.2, -0.15) is 0 Å². The number of fused-ring (bicyclic) bond motifs is 1. The van der Waals surface area contributed by atoms with Gasteiger partial charge in [0.2, 0.25) is 0 Å². The van der Waals surface area contributed by atoms with Gasteiger partial charge in [0, 0.05) is 15.5 Å². The Kier molecular flexibility index (Phi) is 3.53. The van der Waals surface area contributed by atoms with Crippen LogP contribution in [-0.4, -0.2) is 0 Å². The largest absolute Gasteiger partial charge is 0.464 e. The van der Waals surface area contributed by atoms with Crippen molar-refractivity contribution in [2.45, 2.75) is 19.9 Å². The summed E-state index contributed by atoms with van der Waals surface area (Å²) in [6.07, 6.45) is 0. The van der Waals surface area contributed by atoms with Crippen molar-refractivity contribution in [1.82, 2.24) is 0 Å². The summed E-state index contributed by atoms with van der Waals surface area (Å²) in [6.45, 7) is 4.07. The van der Waals surface area contributed by atoms with Crippen LogP contribution in [0, 0.1) is 6.92 Å². The summed E-state index contributed by atoms with van der Waals surface area (Å²) in [5, 5.41) is 5.94. The highest BCUT2D eigenvalue weighted by atomic mass is 79.9. The van der Waals surface area contributed by atoms with Gasteiger partial charge in [-0.15, -0.1) is 0 Å². The molecule has 1 atom stereocenters. The summed E-state index contributed by atoms with van der Waals surface area (Å²) in [4.78, 5) is 0. The number of nitrogens with one attached hydrogen (secondary N) is 1. The average molecular weight is 330 g/mol. The first kappa shape index (κ1) is 13.3. The van der Waals surface area contributed by atoms with E-state index in [-0.39, 0.29) is 6.04 Å². The van der Waals surface area contributed by atoms with Gasteiger partial charge in [0.25, 0.3) is 0 Å². The van der Waals surface area contributed by atoms with Crippen LogP contribution in [0.15, 0.2) is 57.4 Å². The fraction of sp³-hybridized carbons (Fsp3) is 0.176. The van der Waals surface area contributed by atoms with Gasteiger partial charge in [0.15, 0.2) is 0 Å². The Morgan fingerprint density at radius 3 is 2.45 bits per heavy atom. The van der Waals surface area contributed by atoms with Crippen molar-refractivity contribution >= 4 is 32.4 Å². The van der Waals surface area contributed by atoms with E-state index in [1.807, 2.05) is 19.1 Å². The van der Waals surface area contributed by atoms with Crippen molar-refractivity contribution in [2.24, 2.45) is 0 Å². The SMILES string of the molecule is Cc1ccc(C(C)Nc2ccc(Br)c3ccccc23)o1. The Morgan fingerprint density at radius 1 is 1.00 bits per heavy atom. The topological polar surface area (TPSA) is 25.2 Å². The molecule has 0 fully saturated rings. The third-order valence-electron chi connectivity index (χ3n) is 3.43. The lowest BCUT2D eigenvalue weighted by atomic mass is 10.1. The maximum absolute atomic E-state index is 5.68. The lowest BCUT2D eigenvalue weighted by Gasteiger charge is -2.15. The first-order chi connectivity index (χ1) is 9.65. The minimum Gasteiger partial charge on any atom is -0.464 e. The third kappa shape index (κ3) is 2.46. The monoisotopic (exact) mass is 329 g/mol. The van der Waals surface area contributed by atoms with E-state index in [0.717, 1.165) is 21.7 Å². The summed E-state index contributed by atoms with van der Waals surface area (Å²) in [6, 6.07) is 16.7. The molecule has 0 bridgehead atoms. The number of anilines is 1. The molecule has 102 valence electrons. The van der Waals surface area contributed by atoms with Crippen molar-refractivity contribution in [3.8, 4) is 0 Å². The molecule has 0 saturated carbocycles. The van der Waals surface area contributed by atoms with Crippen LogP contribution in [0.25, 0.3) is 10.8 Å². The second kappa shape index (κ2) is 5.33. The molecular weight excluding hydrogens is 314 g/mol. The summed E-state index contributed by atoms with van der Waals surface area (Å²) in [5.74, 6) is 1.89. The number of rotatable bonds is 3. The van der Waals surface area contributed by atoms with Gasteiger partial charge >= 0.3 is 0 Å². The van der Waals surface area contributed by atoms with E-state index < -0.39 is 0 Å². The molecule has 20 heavy (non-hydrogen) atoms. The van der Waals surface area contributed by atoms with Crippen LogP contribution in [0.3, 0.4) is 0 Å². The average Bonchev–Trinajstić information content (AvgIpc) is 2.89. The molecule has 0 radical (unpaired) electrons. The molecular formula is C17H16BrNO. The highest BCUT2D eigenvalue weighted by Gasteiger charge is 2.11. The van der Waals surface area contributed by atoms with E-state index in [2.05, 4.69) is 64.6 Å². The quantitative estimate of drug-likeness (QED) is 0.669. The summed E-state index contributed by atoms with van der Waals surface area (Å²) in [5.41, 5.74) is 1.12. The van der Waals surface area contributed by atoms with Gasteiger partial charge in [0.05, 0.1) is 6.04 Å². The Hall–Kier alpha value is -1.74. The Balaban J connectivity index is 1.97. The molecule has 0 spiro atoms. The minimum absolute atomic E-state index is 0.133. The molecule has 0 aliphatic rings. The number of benzene rings is 2. The fourth-order valence-electron chi connectivity index (χ4n) is 2.38. The summed E-state index contributed by atoms with van der Waals surface area (Å²) in [7, 11) is 0. The molecule has 1 aromatic heterocycles. The van der Waals surface area contributed by atoms with Gasteiger partial charge in [-0.1, -0.05) is 40.2 Å². The van der Waals surface area contributed by atoms with Crippen LogP contribution in [0.5, 0.6) is 0 Å². The van der Waals surface area contributed by atoms with Gasteiger partial charge in [0.1, 0.15) is 11.5 Å². The highest BCUT2D eigenvalue weighted by Crippen LogP contribution is 2.32. The lowest BCUT2D eigenvalue weighted by molar-refractivity contribution is 0.467. The molecule has 3 heteroatoms. The van der Waals surface area contributed by atoms with E-state index in [1.165, 1.54) is 10.8 Å².